The van der Waals surface area contributed by atoms with Gasteiger partial charge in [-0.15, -0.1) is 0 Å². The molecule has 1 fully saturated rings. The van der Waals surface area contributed by atoms with Crippen LogP contribution < -0.4 is 5.32 Å². The van der Waals surface area contributed by atoms with E-state index >= 15 is 0 Å². The lowest BCUT2D eigenvalue weighted by Gasteiger charge is -2.32. The summed E-state index contributed by atoms with van der Waals surface area (Å²) in [5, 5.41) is 3.81. The molecule has 1 heterocycles. The largest absolute Gasteiger partial charge is 0.311 e. The molecule has 0 saturated carbocycles. The van der Waals surface area contributed by atoms with Gasteiger partial charge in [-0.05, 0) is 49.8 Å². The summed E-state index contributed by atoms with van der Waals surface area (Å²) in [6.45, 7) is 5.47. The highest BCUT2D eigenvalue weighted by Gasteiger charge is 2.34. The van der Waals surface area contributed by atoms with Gasteiger partial charge in [-0.25, -0.2) is 4.39 Å². The molecule has 1 unspecified atom stereocenters. The summed E-state index contributed by atoms with van der Waals surface area (Å²) in [6, 6.07) is 5.29. The van der Waals surface area contributed by atoms with Crippen LogP contribution in [-0.4, -0.2) is 12.1 Å². The summed E-state index contributed by atoms with van der Waals surface area (Å²) >= 11 is 5.86. The highest BCUT2D eigenvalue weighted by Crippen LogP contribution is 2.32. The Bertz CT molecular complexity index is 411. The van der Waals surface area contributed by atoms with E-state index in [1.54, 1.807) is 6.07 Å². The van der Waals surface area contributed by atoms with Crippen LogP contribution in [0.4, 0.5) is 4.39 Å². The molecule has 1 N–H and O–H groups in total. The maximum absolute atomic E-state index is 14.0. The fourth-order valence-electron chi connectivity index (χ4n) is 3.10. The van der Waals surface area contributed by atoms with Crippen LogP contribution in [0.2, 0.25) is 5.02 Å². The van der Waals surface area contributed by atoms with Crippen molar-refractivity contribution >= 4 is 11.6 Å². The molecule has 1 nitrogen and oxygen atoms in total. The molecule has 1 aromatic carbocycles. The summed E-state index contributed by atoms with van der Waals surface area (Å²) in [7, 11) is 0. The molecule has 100 valence electrons. The molecule has 1 atom stereocenters. The van der Waals surface area contributed by atoms with Gasteiger partial charge in [-0.1, -0.05) is 37.6 Å². The predicted octanol–water partition coefficient (Wildman–Crippen LogP) is 4.19. The summed E-state index contributed by atoms with van der Waals surface area (Å²) in [5.41, 5.74) is 0.789. The van der Waals surface area contributed by atoms with Crippen LogP contribution in [0.3, 0.4) is 0 Å². The van der Waals surface area contributed by atoms with Crippen molar-refractivity contribution in [3.63, 3.8) is 0 Å². The normalized spacial score (nSPS) is 23.8. The molecule has 1 aliphatic heterocycles. The Labute approximate surface area is 114 Å². The molecule has 18 heavy (non-hydrogen) atoms. The molecule has 1 saturated heterocycles. The van der Waals surface area contributed by atoms with Crippen LogP contribution in [0.15, 0.2) is 18.2 Å². The van der Waals surface area contributed by atoms with E-state index in [2.05, 4.69) is 19.2 Å². The summed E-state index contributed by atoms with van der Waals surface area (Å²) in [6.07, 6.45) is 4.11. The number of rotatable bonds is 4. The van der Waals surface area contributed by atoms with Crippen LogP contribution in [0, 0.1) is 11.7 Å². The first-order valence-corrected chi connectivity index (χ1v) is 7.08. The predicted molar refractivity (Wildman–Crippen MR) is 74.5 cm³/mol. The Morgan fingerprint density at radius 2 is 2.22 bits per heavy atom. The number of hydrogen-bond donors (Lipinski definition) is 1. The molecule has 0 spiro atoms. The second-order valence-corrected chi connectivity index (χ2v) is 6.21. The molecular formula is C15H21ClFN. The molecular weight excluding hydrogens is 249 g/mol. The van der Waals surface area contributed by atoms with Gasteiger partial charge in [0.15, 0.2) is 0 Å². The minimum absolute atomic E-state index is 0.0552. The Balaban J connectivity index is 2.21. The smallest absolute Gasteiger partial charge is 0.145 e. The SMILES string of the molecule is CC(C)CC1(Cc2cccc(Cl)c2F)CCCN1. The van der Waals surface area contributed by atoms with E-state index < -0.39 is 0 Å². The van der Waals surface area contributed by atoms with Crippen molar-refractivity contribution in [2.75, 3.05) is 6.54 Å². The second kappa shape index (κ2) is 5.58. The van der Waals surface area contributed by atoms with Gasteiger partial charge < -0.3 is 5.32 Å². The Hall–Kier alpha value is -0.600. The lowest BCUT2D eigenvalue weighted by Crippen LogP contribution is -2.43. The van der Waals surface area contributed by atoms with E-state index in [1.807, 2.05) is 12.1 Å². The molecule has 0 radical (unpaired) electrons. The van der Waals surface area contributed by atoms with Crippen molar-refractivity contribution in [2.45, 2.75) is 45.1 Å². The fraction of sp³-hybridized carbons (Fsp3) is 0.600. The van der Waals surface area contributed by atoms with Crippen molar-refractivity contribution in [1.82, 2.24) is 5.32 Å². The Morgan fingerprint density at radius 1 is 1.44 bits per heavy atom. The number of nitrogens with one attached hydrogen (secondary N) is 1. The van der Waals surface area contributed by atoms with E-state index in [-0.39, 0.29) is 16.4 Å². The highest BCUT2D eigenvalue weighted by molar-refractivity contribution is 6.30. The first-order valence-electron chi connectivity index (χ1n) is 6.70. The zero-order valence-electron chi connectivity index (χ0n) is 11.1. The summed E-state index contributed by atoms with van der Waals surface area (Å²) in [5.74, 6) is 0.355. The topological polar surface area (TPSA) is 12.0 Å². The maximum Gasteiger partial charge on any atom is 0.145 e. The van der Waals surface area contributed by atoms with E-state index in [0.29, 0.717) is 5.92 Å². The molecule has 0 aliphatic carbocycles. The number of halogens is 2. The zero-order chi connectivity index (χ0) is 13.2. The average molecular weight is 270 g/mol. The summed E-state index contributed by atoms with van der Waals surface area (Å²) in [4.78, 5) is 0. The van der Waals surface area contributed by atoms with Crippen LogP contribution in [-0.2, 0) is 6.42 Å². The van der Waals surface area contributed by atoms with E-state index in [4.69, 9.17) is 11.6 Å². The van der Waals surface area contributed by atoms with Crippen LogP contribution in [0.25, 0.3) is 0 Å². The van der Waals surface area contributed by atoms with Crippen LogP contribution in [0.1, 0.15) is 38.7 Å². The van der Waals surface area contributed by atoms with Crippen molar-refractivity contribution in [3.8, 4) is 0 Å². The van der Waals surface area contributed by atoms with Crippen molar-refractivity contribution in [2.24, 2.45) is 5.92 Å². The Morgan fingerprint density at radius 3 is 2.83 bits per heavy atom. The standard InChI is InChI=1S/C15H21ClFN/c1-11(2)9-15(7-4-8-18-15)10-12-5-3-6-13(16)14(12)17/h3,5-6,11,18H,4,7-10H2,1-2H3. The molecule has 3 heteroatoms. The quantitative estimate of drug-likeness (QED) is 0.864. The van der Waals surface area contributed by atoms with Gasteiger partial charge >= 0.3 is 0 Å². The van der Waals surface area contributed by atoms with E-state index in [9.17, 15) is 4.39 Å². The van der Waals surface area contributed by atoms with Crippen LogP contribution in [0.5, 0.6) is 0 Å². The Kier molecular flexibility index (Phi) is 4.29. The van der Waals surface area contributed by atoms with Crippen molar-refractivity contribution in [3.05, 3.63) is 34.6 Å². The molecule has 0 amide bonds. The molecule has 2 rings (SSSR count). The molecule has 0 aromatic heterocycles. The van der Waals surface area contributed by atoms with Crippen LogP contribution >= 0.6 is 11.6 Å². The van der Waals surface area contributed by atoms with Gasteiger partial charge in [-0.2, -0.15) is 0 Å². The minimum Gasteiger partial charge on any atom is -0.311 e. The van der Waals surface area contributed by atoms with Gasteiger partial charge in [0.25, 0.3) is 0 Å². The lowest BCUT2D eigenvalue weighted by atomic mass is 9.82. The van der Waals surface area contributed by atoms with E-state index in [0.717, 1.165) is 31.4 Å². The third-order valence-electron chi connectivity index (χ3n) is 3.69. The zero-order valence-corrected chi connectivity index (χ0v) is 11.9. The van der Waals surface area contributed by atoms with Gasteiger partial charge in [0, 0.05) is 5.54 Å². The molecule has 1 aliphatic rings. The first kappa shape index (κ1) is 13.8. The number of benzene rings is 1. The highest BCUT2D eigenvalue weighted by atomic mass is 35.5. The van der Waals surface area contributed by atoms with Gasteiger partial charge in [-0.3, -0.25) is 0 Å². The second-order valence-electron chi connectivity index (χ2n) is 5.80. The fourth-order valence-corrected chi connectivity index (χ4v) is 3.29. The number of hydrogen-bond acceptors (Lipinski definition) is 1. The first-order chi connectivity index (χ1) is 8.52. The van der Waals surface area contributed by atoms with E-state index in [1.165, 1.54) is 6.42 Å². The average Bonchev–Trinajstić information content (AvgIpc) is 2.72. The van der Waals surface area contributed by atoms with Crippen molar-refractivity contribution < 1.29 is 4.39 Å². The lowest BCUT2D eigenvalue weighted by molar-refractivity contribution is 0.298. The minimum atomic E-state index is -0.254. The van der Waals surface area contributed by atoms with Gasteiger partial charge in [0.05, 0.1) is 5.02 Å². The third-order valence-corrected chi connectivity index (χ3v) is 3.98. The third kappa shape index (κ3) is 3.04. The van der Waals surface area contributed by atoms with Crippen molar-refractivity contribution in [1.29, 1.82) is 0 Å². The van der Waals surface area contributed by atoms with Gasteiger partial charge in [0.1, 0.15) is 5.82 Å². The molecule has 0 bridgehead atoms. The monoisotopic (exact) mass is 269 g/mol. The summed E-state index contributed by atoms with van der Waals surface area (Å²) < 4.78 is 14.0. The molecule has 1 aromatic rings. The maximum atomic E-state index is 14.0. The van der Waals surface area contributed by atoms with Gasteiger partial charge in [0.2, 0.25) is 0 Å².